The van der Waals surface area contributed by atoms with Crippen LogP contribution in [0.25, 0.3) is 11.1 Å². The summed E-state index contributed by atoms with van der Waals surface area (Å²) >= 11 is 0. The summed E-state index contributed by atoms with van der Waals surface area (Å²) in [5.74, 6) is -0.782. The van der Waals surface area contributed by atoms with Crippen LogP contribution in [-0.2, 0) is 9.53 Å². The summed E-state index contributed by atoms with van der Waals surface area (Å²) in [4.78, 5) is 23.9. The summed E-state index contributed by atoms with van der Waals surface area (Å²) in [6.07, 6.45) is 4.86. The molecular formula is C25H27NO4. The highest BCUT2D eigenvalue weighted by molar-refractivity contribution is 5.79. The lowest BCUT2D eigenvalue weighted by Crippen LogP contribution is -2.45. The van der Waals surface area contributed by atoms with E-state index in [1.807, 2.05) is 24.3 Å². The number of nitrogens with one attached hydrogen (secondary N) is 1. The van der Waals surface area contributed by atoms with Crippen molar-refractivity contribution < 1.29 is 19.4 Å². The fraction of sp³-hybridized carbons (Fsp3) is 0.440. The summed E-state index contributed by atoms with van der Waals surface area (Å²) in [7, 11) is 0. The number of ether oxygens (including phenoxy) is 1. The molecule has 5 heteroatoms. The highest BCUT2D eigenvalue weighted by atomic mass is 16.5. The molecule has 30 heavy (non-hydrogen) atoms. The molecule has 2 saturated carbocycles. The zero-order chi connectivity index (χ0) is 20.7. The summed E-state index contributed by atoms with van der Waals surface area (Å²) in [5.41, 5.74) is 5.11. The lowest BCUT2D eigenvalue weighted by Gasteiger charge is -2.36. The Hall–Kier alpha value is -2.82. The van der Waals surface area contributed by atoms with E-state index in [4.69, 9.17) is 4.74 Å². The number of carboxylic acid groups (broad SMARTS) is 1. The first kappa shape index (κ1) is 19.2. The molecule has 1 amide bonds. The predicted octanol–water partition coefficient (Wildman–Crippen LogP) is 4.95. The number of carbonyl (C=O) groups excluding carboxylic acids is 1. The van der Waals surface area contributed by atoms with Crippen LogP contribution >= 0.6 is 0 Å². The van der Waals surface area contributed by atoms with Crippen molar-refractivity contribution in [2.45, 2.75) is 50.5 Å². The van der Waals surface area contributed by atoms with Crippen LogP contribution < -0.4 is 5.32 Å². The molecular weight excluding hydrogens is 378 g/mol. The van der Waals surface area contributed by atoms with Gasteiger partial charge in [-0.05, 0) is 65.7 Å². The van der Waals surface area contributed by atoms with E-state index < -0.39 is 12.1 Å². The number of hydrogen-bond donors (Lipinski definition) is 2. The second kappa shape index (κ2) is 7.46. The number of carboxylic acids is 1. The maximum atomic E-state index is 12.6. The first-order valence-corrected chi connectivity index (χ1v) is 10.9. The number of hydrogen-bond acceptors (Lipinski definition) is 3. The van der Waals surface area contributed by atoms with E-state index in [0.29, 0.717) is 5.41 Å². The van der Waals surface area contributed by atoms with Crippen molar-refractivity contribution in [3.05, 3.63) is 59.7 Å². The molecule has 0 aromatic heterocycles. The third kappa shape index (κ3) is 3.57. The number of rotatable bonds is 5. The largest absolute Gasteiger partial charge is 0.481 e. The molecule has 156 valence electrons. The van der Waals surface area contributed by atoms with Crippen LogP contribution in [0.2, 0.25) is 0 Å². The standard InChI is InChI=1S/C25H27NO4/c27-23(28)13-16-14-25(11-12-25)10-9-22(16)26-24(29)30-15-21-19-7-3-1-5-17(19)18-6-2-4-8-20(18)21/h1-8,16,21-22H,9-15H2,(H,26,29)(H,27,28). The van der Waals surface area contributed by atoms with Gasteiger partial charge in [-0.25, -0.2) is 4.79 Å². The quantitative estimate of drug-likeness (QED) is 0.738. The van der Waals surface area contributed by atoms with E-state index in [-0.39, 0.29) is 30.9 Å². The Morgan fingerprint density at radius 1 is 1.00 bits per heavy atom. The minimum Gasteiger partial charge on any atom is -0.481 e. The van der Waals surface area contributed by atoms with E-state index in [2.05, 4.69) is 29.6 Å². The highest BCUT2D eigenvalue weighted by Gasteiger charge is 2.49. The van der Waals surface area contributed by atoms with E-state index >= 15 is 0 Å². The maximum Gasteiger partial charge on any atom is 0.407 e. The number of fused-ring (bicyclic) bond motifs is 3. The zero-order valence-corrected chi connectivity index (χ0v) is 17.0. The molecule has 2 aromatic rings. The average molecular weight is 405 g/mol. The van der Waals surface area contributed by atoms with Crippen LogP contribution in [-0.4, -0.2) is 29.8 Å². The van der Waals surface area contributed by atoms with E-state index in [1.165, 1.54) is 35.1 Å². The Labute approximate surface area is 176 Å². The smallest absolute Gasteiger partial charge is 0.407 e. The molecule has 0 aliphatic heterocycles. The summed E-state index contributed by atoms with van der Waals surface area (Å²) in [5, 5.41) is 12.3. The second-order valence-corrected chi connectivity index (χ2v) is 9.18. The van der Waals surface area contributed by atoms with Crippen molar-refractivity contribution in [1.29, 1.82) is 0 Å². The number of benzene rings is 2. The highest BCUT2D eigenvalue weighted by Crippen LogP contribution is 2.58. The molecule has 0 radical (unpaired) electrons. The van der Waals surface area contributed by atoms with Crippen LogP contribution in [0.5, 0.6) is 0 Å². The van der Waals surface area contributed by atoms with Crippen molar-refractivity contribution in [2.24, 2.45) is 11.3 Å². The van der Waals surface area contributed by atoms with Gasteiger partial charge in [0.25, 0.3) is 0 Å². The van der Waals surface area contributed by atoms with Gasteiger partial charge in [0, 0.05) is 12.0 Å². The van der Waals surface area contributed by atoms with E-state index in [9.17, 15) is 14.7 Å². The first-order chi connectivity index (χ1) is 14.5. The number of carbonyl (C=O) groups is 2. The van der Waals surface area contributed by atoms with Crippen LogP contribution in [0.3, 0.4) is 0 Å². The fourth-order valence-corrected chi connectivity index (χ4v) is 5.55. The summed E-state index contributed by atoms with van der Waals surface area (Å²) < 4.78 is 5.67. The Morgan fingerprint density at radius 2 is 1.63 bits per heavy atom. The molecule has 0 heterocycles. The van der Waals surface area contributed by atoms with Gasteiger partial charge in [0.15, 0.2) is 0 Å². The van der Waals surface area contributed by atoms with Gasteiger partial charge < -0.3 is 15.2 Å². The monoisotopic (exact) mass is 405 g/mol. The topological polar surface area (TPSA) is 75.6 Å². The molecule has 0 saturated heterocycles. The summed E-state index contributed by atoms with van der Waals surface area (Å²) in [6.45, 7) is 0.278. The van der Waals surface area contributed by atoms with Crippen molar-refractivity contribution in [3.8, 4) is 11.1 Å². The molecule has 3 aliphatic carbocycles. The van der Waals surface area contributed by atoms with E-state index in [0.717, 1.165) is 19.3 Å². The molecule has 5 nitrogen and oxygen atoms in total. The predicted molar refractivity (Wildman–Crippen MR) is 113 cm³/mol. The Bertz CT molecular complexity index is 935. The third-order valence-electron chi connectivity index (χ3n) is 7.29. The molecule has 5 rings (SSSR count). The number of alkyl carbamates (subject to hydrolysis) is 1. The molecule has 2 atom stereocenters. The summed E-state index contributed by atoms with van der Waals surface area (Å²) in [6, 6.07) is 16.4. The molecule has 2 fully saturated rings. The van der Waals surface area contributed by atoms with Gasteiger partial charge in [0.05, 0.1) is 6.42 Å². The number of amides is 1. The first-order valence-electron chi connectivity index (χ1n) is 10.9. The van der Waals surface area contributed by atoms with Crippen LogP contribution in [0.1, 0.15) is 55.6 Å². The Kier molecular flexibility index (Phi) is 4.76. The van der Waals surface area contributed by atoms with Crippen molar-refractivity contribution in [1.82, 2.24) is 5.32 Å². The fourth-order valence-electron chi connectivity index (χ4n) is 5.55. The maximum absolute atomic E-state index is 12.6. The van der Waals surface area contributed by atoms with Gasteiger partial charge in [-0.15, -0.1) is 0 Å². The second-order valence-electron chi connectivity index (χ2n) is 9.18. The minimum atomic E-state index is -0.794. The number of aliphatic carboxylic acids is 1. The Balaban J connectivity index is 1.25. The van der Waals surface area contributed by atoms with Crippen molar-refractivity contribution >= 4 is 12.1 Å². The average Bonchev–Trinajstić information content (AvgIpc) is 3.41. The molecule has 2 unspecified atom stereocenters. The normalized spacial score (nSPS) is 23.5. The van der Waals surface area contributed by atoms with Crippen LogP contribution in [0, 0.1) is 11.3 Å². The lowest BCUT2D eigenvalue weighted by atomic mass is 9.74. The van der Waals surface area contributed by atoms with Gasteiger partial charge in [-0.1, -0.05) is 48.5 Å². The van der Waals surface area contributed by atoms with Crippen molar-refractivity contribution in [2.75, 3.05) is 6.61 Å². The van der Waals surface area contributed by atoms with Gasteiger partial charge in [-0.2, -0.15) is 0 Å². The van der Waals surface area contributed by atoms with Gasteiger partial charge >= 0.3 is 12.1 Å². The lowest BCUT2D eigenvalue weighted by molar-refractivity contribution is -0.138. The van der Waals surface area contributed by atoms with Gasteiger partial charge in [-0.3, -0.25) is 4.79 Å². The van der Waals surface area contributed by atoms with E-state index in [1.54, 1.807) is 0 Å². The van der Waals surface area contributed by atoms with Gasteiger partial charge in [0.2, 0.25) is 0 Å². The SMILES string of the molecule is O=C(O)CC1CC2(CCC1NC(=O)OCC1c3ccccc3-c3ccccc31)CC2. The zero-order valence-electron chi connectivity index (χ0n) is 17.0. The van der Waals surface area contributed by atoms with Gasteiger partial charge in [0.1, 0.15) is 6.61 Å². The third-order valence-corrected chi connectivity index (χ3v) is 7.29. The Morgan fingerprint density at radius 3 is 2.23 bits per heavy atom. The molecule has 3 aliphatic rings. The molecule has 0 bridgehead atoms. The van der Waals surface area contributed by atoms with Crippen LogP contribution in [0.4, 0.5) is 4.79 Å². The van der Waals surface area contributed by atoms with Crippen molar-refractivity contribution in [3.63, 3.8) is 0 Å². The molecule has 2 N–H and O–H groups in total. The molecule has 1 spiro atoms. The van der Waals surface area contributed by atoms with Crippen LogP contribution in [0.15, 0.2) is 48.5 Å². The molecule has 2 aromatic carbocycles. The minimum absolute atomic E-state index is 0.0146.